The quantitative estimate of drug-likeness (QED) is 0.437. The van der Waals surface area contributed by atoms with Crippen molar-refractivity contribution in [3.05, 3.63) is 83.4 Å². The molecular formula is C28H33N3O5S2. The molecule has 0 atom stereocenters. The number of piperidine rings is 1. The van der Waals surface area contributed by atoms with Crippen LogP contribution in [-0.2, 0) is 24.8 Å². The maximum atomic E-state index is 13.6. The smallest absolute Gasteiger partial charge is 0.264 e. The van der Waals surface area contributed by atoms with E-state index in [4.69, 9.17) is 0 Å². The van der Waals surface area contributed by atoms with Crippen molar-refractivity contribution in [2.45, 2.75) is 49.8 Å². The van der Waals surface area contributed by atoms with Crippen molar-refractivity contribution in [1.82, 2.24) is 4.31 Å². The number of hydrogen-bond acceptors (Lipinski definition) is 5. The van der Waals surface area contributed by atoms with Crippen LogP contribution < -0.4 is 9.62 Å². The highest BCUT2D eigenvalue weighted by Crippen LogP contribution is 2.28. The Morgan fingerprint density at radius 1 is 0.789 bits per heavy atom. The predicted octanol–water partition coefficient (Wildman–Crippen LogP) is 4.62. The highest BCUT2D eigenvalue weighted by Gasteiger charge is 2.29. The van der Waals surface area contributed by atoms with Crippen molar-refractivity contribution < 1.29 is 21.6 Å². The van der Waals surface area contributed by atoms with E-state index in [9.17, 15) is 21.6 Å². The number of anilines is 2. The van der Waals surface area contributed by atoms with E-state index in [2.05, 4.69) is 5.32 Å². The molecule has 1 fully saturated rings. The van der Waals surface area contributed by atoms with Gasteiger partial charge in [-0.25, -0.2) is 16.8 Å². The summed E-state index contributed by atoms with van der Waals surface area (Å²) < 4.78 is 55.7. The molecule has 1 N–H and O–H groups in total. The molecule has 8 nitrogen and oxygen atoms in total. The maximum Gasteiger partial charge on any atom is 0.264 e. The van der Waals surface area contributed by atoms with Gasteiger partial charge in [0.25, 0.3) is 10.0 Å². The van der Waals surface area contributed by atoms with Gasteiger partial charge in [-0.1, -0.05) is 41.8 Å². The molecule has 0 aliphatic carbocycles. The Morgan fingerprint density at radius 3 is 1.97 bits per heavy atom. The largest absolute Gasteiger partial charge is 0.325 e. The number of hydrogen-bond donors (Lipinski definition) is 1. The van der Waals surface area contributed by atoms with Gasteiger partial charge in [0.05, 0.1) is 15.5 Å². The Bertz CT molecular complexity index is 1510. The summed E-state index contributed by atoms with van der Waals surface area (Å²) in [5.74, 6) is -0.549. The number of amides is 1. The van der Waals surface area contributed by atoms with Crippen LogP contribution in [0.4, 0.5) is 11.4 Å². The maximum absolute atomic E-state index is 13.6. The van der Waals surface area contributed by atoms with Crippen molar-refractivity contribution in [3.8, 4) is 0 Å². The molecule has 38 heavy (non-hydrogen) atoms. The van der Waals surface area contributed by atoms with Crippen LogP contribution in [0.25, 0.3) is 0 Å². The van der Waals surface area contributed by atoms with Gasteiger partial charge in [0, 0.05) is 18.8 Å². The number of nitrogens with one attached hydrogen (secondary N) is 1. The molecule has 1 amide bonds. The SMILES string of the molecule is Cc1ccc(S(=O)(=O)N(CC(=O)Nc2ccc(S(=O)(=O)N3CCCCC3)cc2)c2ccc(C)cc2C)cc1. The minimum Gasteiger partial charge on any atom is -0.325 e. The Kier molecular flexibility index (Phi) is 8.25. The Morgan fingerprint density at radius 2 is 1.37 bits per heavy atom. The zero-order valence-corrected chi connectivity index (χ0v) is 23.5. The van der Waals surface area contributed by atoms with E-state index in [1.807, 2.05) is 19.9 Å². The van der Waals surface area contributed by atoms with E-state index >= 15 is 0 Å². The van der Waals surface area contributed by atoms with Gasteiger partial charge in [0.15, 0.2) is 0 Å². The molecule has 1 aliphatic rings. The molecule has 10 heteroatoms. The first-order valence-corrected chi connectivity index (χ1v) is 15.4. The van der Waals surface area contributed by atoms with E-state index in [0.717, 1.165) is 40.3 Å². The summed E-state index contributed by atoms with van der Waals surface area (Å²) in [4.78, 5) is 13.3. The van der Waals surface area contributed by atoms with E-state index in [1.165, 1.54) is 40.7 Å². The van der Waals surface area contributed by atoms with Crippen LogP contribution in [0, 0.1) is 20.8 Å². The number of sulfonamides is 2. The average molecular weight is 556 g/mol. The highest BCUT2D eigenvalue weighted by molar-refractivity contribution is 7.92. The Balaban J connectivity index is 1.57. The fraction of sp³-hybridized carbons (Fsp3) is 0.321. The molecule has 3 aromatic carbocycles. The lowest BCUT2D eigenvalue weighted by atomic mass is 10.1. The summed E-state index contributed by atoms with van der Waals surface area (Å²) in [5.41, 5.74) is 3.41. The van der Waals surface area contributed by atoms with Crippen molar-refractivity contribution in [3.63, 3.8) is 0 Å². The topological polar surface area (TPSA) is 104 Å². The lowest BCUT2D eigenvalue weighted by Crippen LogP contribution is -2.38. The van der Waals surface area contributed by atoms with E-state index in [1.54, 1.807) is 31.2 Å². The number of rotatable bonds is 8. The predicted molar refractivity (Wildman–Crippen MR) is 149 cm³/mol. The average Bonchev–Trinajstić information content (AvgIpc) is 2.89. The number of nitrogens with zero attached hydrogens (tertiary/aromatic N) is 2. The minimum atomic E-state index is -4.04. The Labute approximate surface area is 225 Å². The second kappa shape index (κ2) is 11.3. The van der Waals surface area contributed by atoms with Gasteiger partial charge in [0.1, 0.15) is 6.54 Å². The molecule has 0 bridgehead atoms. The fourth-order valence-corrected chi connectivity index (χ4v) is 7.52. The summed E-state index contributed by atoms with van der Waals surface area (Å²) in [6, 6.07) is 17.8. The monoisotopic (exact) mass is 555 g/mol. The van der Waals surface area contributed by atoms with E-state index in [-0.39, 0.29) is 9.79 Å². The van der Waals surface area contributed by atoms with Gasteiger partial charge in [0.2, 0.25) is 15.9 Å². The molecule has 1 heterocycles. The zero-order chi connectivity index (χ0) is 27.5. The second-order valence-electron chi connectivity index (χ2n) is 9.65. The second-order valence-corrected chi connectivity index (χ2v) is 13.5. The first-order chi connectivity index (χ1) is 18.0. The number of aryl methyl sites for hydroxylation is 3. The zero-order valence-electron chi connectivity index (χ0n) is 21.8. The van der Waals surface area contributed by atoms with Crippen LogP contribution in [0.2, 0.25) is 0 Å². The molecule has 0 saturated carbocycles. The van der Waals surface area contributed by atoms with Crippen LogP contribution >= 0.6 is 0 Å². The summed E-state index contributed by atoms with van der Waals surface area (Å²) >= 11 is 0. The molecule has 3 aromatic rings. The summed E-state index contributed by atoms with van der Waals surface area (Å²) in [6.07, 6.45) is 2.71. The highest BCUT2D eigenvalue weighted by atomic mass is 32.2. The molecule has 202 valence electrons. The van der Waals surface area contributed by atoms with Gasteiger partial charge in [-0.15, -0.1) is 0 Å². The van der Waals surface area contributed by atoms with Gasteiger partial charge in [-0.05, 0) is 81.6 Å². The standard InChI is InChI=1S/C28H33N3O5S2/c1-21-7-12-26(13-8-21)38(35,36)31(27-16-9-22(2)19-23(27)3)20-28(32)29-24-10-14-25(15-11-24)37(33,34)30-17-5-4-6-18-30/h7-16,19H,4-6,17-18,20H2,1-3H3,(H,29,32). The van der Waals surface area contributed by atoms with Gasteiger partial charge < -0.3 is 5.32 Å². The lowest BCUT2D eigenvalue weighted by molar-refractivity contribution is -0.114. The third-order valence-corrected chi connectivity index (χ3v) is 10.3. The molecule has 1 aliphatic heterocycles. The molecule has 0 aromatic heterocycles. The summed E-state index contributed by atoms with van der Waals surface area (Å²) in [7, 11) is -7.64. The Hall–Kier alpha value is -3.21. The third kappa shape index (κ3) is 6.09. The number of benzene rings is 3. The third-order valence-electron chi connectivity index (χ3n) is 6.61. The van der Waals surface area contributed by atoms with Crippen LogP contribution in [0.15, 0.2) is 76.5 Å². The molecular weight excluding hydrogens is 522 g/mol. The number of carbonyl (C=O) groups excluding carboxylic acids is 1. The summed E-state index contributed by atoms with van der Waals surface area (Å²) in [5, 5.41) is 2.71. The van der Waals surface area contributed by atoms with E-state index in [0.29, 0.717) is 24.5 Å². The fourth-order valence-electron chi connectivity index (χ4n) is 4.52. The van der Waals surface area contributed by atoms with Crippen molar-refractivity contribution >= 4 is 37.3 Å². The van der Waals surface area contributed by atoms with Crippen LogP contribution in [0.3, 0.4) is 0 Å². The minimum absolute atomic E-state index is 0.0862. The molecule has 0 spiro atoms. The van der Waals surface area contributed by atoms with Gasteiger partial charge >= 0.3 is 0 Å². The first-order valence-electron chi connectivity index (χ1n) is 12.6. The van der Waals surface area contributed by atoms with Crippen LogP contribution in [-0.4, -0.2) is 46.7 Å². The normalized spacial score (nSPS) is 14.7. The van der Waals surface area contributed by atoms with Crippen molar-refractivity contribution in [2.75, 3.05) is 29.3 Å². The molecule has 4 rings (SSSR count). The van der Waals surface area contributed by atoms with Crippen molar-refractivity contribution in [2.24, 2.45) is 0 Å². The molecule has 0 unspecified atom stereocenters. The molecule has 0 radical (unpaired) electrons. The lowest BCUT2D eigenvalue weighted by Gasteiger charge is -2.26. The van der Waals surface area contributed by atoms with Crippen molar-refractivity contribution in [1.29, 1.82) is 0 Å². The van der Waals surface area contributed by atoms with Crippen LogP contribution in [0.5, 0.6) is 0 Å². The van der Waals surface area contributed by atoms with Gasteiger partial charge in [-0.2, -0.15) is 4.31 Å². The molecule has 1 saturated heterocycles. The first kappa shape index (κ1) is 27.8. The van der Waals surface area contributed by atoms with E-state index < -0.39 is 32.5 Å². The van der Waals surface area contributed by atoms with Crippen LogP contribution in [0.1, 0.15) is 36.0 Å². The van der Waals surface area contributed by atoms with Gasteiger partial charge in [-0.3, -0.25) is 9.10 Å². The summed E-state index contributed by atoms with van der Waals surface area (Å²) in [6.45, 7) is 6.15. The number of carbonyl (C=O) groups is 1.